The molecule has 2 N–H and O–H groups in total. The van der Waals surface area contributed by atoms with Crippen molar-refractivity contribution in [3.05, 3.63) is 65.2 Å². The van der Waals surface area contributed by atoms with E-state index in [2.05, 4.69) is 52.5 Å². The Morgan fingerprint density at radius 2 is 1.69 bits per heavy atom. The Labute approximate surface area is 209 Å². The number of hydrogen-bond acceptors (Lipinski definition) is 5. The first-order valence-corrected chi connectivity index (χ1v) is 12.5. The van der Waals surface area contributed by atoms with Crippen LogP contribution in [0.4, 0.5) is 10.5 Å². The van der Waals surface area contributed by atoms with Gasteiger partial charge in [-0.2, -0.15) is 0 Å². The summed E-state index contributed by atoms with van der Waals surface area (Å²) in [5.41, 5.74) is 4.03. The third-order valence-corrected chi connectivity index (χ3v) is 6.08. The Morgan fingerprint density at radius 3 is 2.34 bits per heavy atom. The molecule has 1 fully saturated rings. The molecule has 1 atom stereocenters. The summed E-state index contributed by atoms with van der Waals surface area (Å²) in [5.74, 6) is -0.234. The van der Waals surface area contributed by atoms with E-state index in [4.69, 9.17) is 4.74 Å². The molecule has 190 valence electrons. The van der Waals surface area contributed by atoms with Gasteiger partial charge in [-0.3, -0.25) is 9.69 Å². The Morgan fingerprint density at radius 1 is 1.00 bits per heavy atom. The van der Waals surface area contributed by atoms with Crippen LogP contribution in [0.3, 0.4) is 0 Å². The van der Waals surface area contributed by atoms with Crippen LogP contribution in [0.25, 0.3) is 0 Å². The number of aryl methyl sites for hydroxylation is 2. The highest BCUT2D eigenvalue weighted by atomic mass is 16.6. The quantitative estimate of drug-likeness (QED) is 0.554. The second-order valence-corrected chi connectivity index (χ2v) is 10.3. The molecule has 1 heterocycles. The first kappa shape index (κ1) is 26.5. The summed E-state index contributed by atoms with van der Waals surface area (Å²) >= 11 is 0. The lowest BCUT2D eigenvalue weighted by molar-refractivity contribution is -0.123. The zero-order valence-corrected chi connectivity index (χ0v) is 21.8. The second-order valence-electron chi connectivity index (χ2n) is 10.3. The van der Waals surface area contributed by atoms with E-state index >= 15 is 0 Å². The normalized spacial score (nSPS) is 15.4. The fourth-order valence-corrected chi connectivity index (χ4v) is 4.26. The van der Waals surface area contributed by atoms with Crippen LogP contribution >= 0.6 is 0 Å². The molecule has 2 aromatic carbocycles. The lowest BCUT2D eigenvalue weighted by Gasteiger charge is -2.37. The molecule has 7 heteroatoms. The van der Waals surface area contributed by atoms with Gasteiger partial charge >= 0.3 is 6.09 Å². The smallest absolute Gasteiger partial charge is 0.408 e. The van der Waals surface area contributed by atoms with Gasteiger partial charge in [0.2, 0.25) is 5.91 Å². The van der Waals surface area contributed by atoms with Crippen LogP contribution in [0.15, 0.2) is 48.5 Å². The third kappa shape index (κ3) is 8.28. The fourth-order valence-electron chi connectivity index (χ4n) is 4.26. The average Bonchev–Trinajstić information content (AvgIpc) is 2.81. The second kappa shape index (κ2) is 12.1. The predicted octanol–water partition coefficient (Wildman–Crippen LogP) is 4.20. The molecule has 35 heavy (non-hydrogen) atoms. The lowest BCUT2D eigenvalue weighted by Crippen LogP contribution is -2.47. The van der Waals surface area contributed by atoms with Gasteiger partial charge in [-0.05, 0) is 70.3 Å². The SMILES string of the molecule is Cc1ccc(C)c(N2CCN(CCCNC(=O)C(NC(=O)OC(C)(C)C)c3ccccc3)CC2)c1. The number of piperazine rings is 1. The van der Waals surface area contributed by atoms with Gasteiger partial charge in [0.1, 0.15) is 11.6 Å². The van der Waals surface area contributed by atoms with E-state index in [0.29, 0.717) is 6.54 Å². The molecular weight excluding hydrogens is 440 g/mol. The van der Waals surface area contributed by atoms with Crippen molar-refractivity contribution in [2.75, 3.05) is 44.2 Å². The Kier molecular flexibility index (Phi) is 9.15. The number of benzene rings is 2. The van der Waals surface area contributed by atoms with Crippen molar-refractivity contribution in [3.8, 4) is 0 Å². The molecule has 2 amide bonds. The summed E-state index contributed by atoms with van der Waals surface area (Å²) in [4.78, 5) is 30.2. The number of hydrogen-bond donors (Lipinski definition) is 2. The molecule has 0 bridgehead atoms. The van der Waals surface area contributed by atoms with Gasteiger partial charge < -0.3 is 20.3 Å². The van der Waals surface area contributed by atoms with E-state index in [1.54, 1.807) is 20.8 Å². The molecule has 0 radical (unpaired) electrons. The Hall–Kier alpha value is -3.06. The third-order valence-electron chi connectivity index (χ3n) is 6.08. The van der Waals surface area contributed by atoms with E-state index < -0.39 is 17.7 Å². The van der Waals surface area contributed by atoms with Crippen molar-refractivity contribution in [2.24, 2.45) is 0 Å². The average molecular weight is 481 g/mol. The molecule has 7 nitrogen and oxygen atoms in total. The topological polar surface area (TPSA) is 73.9 Å². The summed E-state index contributed by atoms with van der Waals surface area (Å²) in [6, 6.07) is 15.1. The number of carbonyl (C=O) groups is 2. The van der Waals surface area contributed by atoms with Gasteiger partial charge in [-0.15, -0.1) is 0 Å². The van der Waals surface area contributed by atoms with Crippen LogP contribution in [0.5, 0.6) is 0 Å². The number of nitrogens with zero attached hydrogens (tertiary/aromatic N) is 2. The molecule has 0 aromatic heterocycles. The molecule has 0 spiro atoms. The Bertz CT molecular complexity index is 979. The molecule has 0 saturated carbocycles. The highest BCUT2D eigenvalue weighted by molar-refractivity contribution is 5.86. The minimum absolute atomic E-state index is 0.234. The summed E-state index contributed by atoms with van der Waals surface area (Å²) in [5, 5.41) is 5.71. The van der Waals surface area contributed by atoms with Crippen molar-refractivity contribution in [1.82, 2.24) is 15.5 Å². The minimum Gasteiger partial charge on any atom is -0.444 e. The molecule has 1 aliphatic rings. The predicted molar refractivity (Wildman–Crippen MR) is 141 cm³/mol. The van der Waals surface area contributed by atoms with Crippen LogP contribution in [-0.2, 0) is 9.53 Å². The van der Waals surface area contributed by atoms with E-state index in [-0.39, 0.29) is 5.91 Å². The summed E-state index contributed by atoms with van der Waals surface area (Å²) in [6.45, 7) is 15.2. The molecule has 1 unspecified atom stereocenters. The number of amides is 2. The van der Waals surface area contributed by atoms with Crippen LogP contribution in [0.1, 0.15) is 49.9 Å². The maximum Gasteiger partial charge on any atom is 0.408 e. The van der Waals surface area contributed by atoms with E-state index in [9.17, 15) is 9.59 Å². The van der Waals surface area contributed by atoms with Gasteiger partial charge in [-0.25, -0.2) is 4.79 Å². The summed E-state index contributed by atoms with van der Waals surface area (Å²) < 4.78 is 5.36. The number of alkyl carbamates (subject to hydrolysis) is 1. The zero-order chi connectivity index (χ0) is 25.4. The van der Waals surface area contributed by atoms with Gasteiger partial charge in [0.05, 0.1) is 0 Å². The largest absolute Gasteiger partial charge is 0.444 e. The molecule has 2 aromatic rings. The number of anilines is 1. The van der Waals surface area contributed by atoms with Gasteiger partial charge in [0.25, 0.3) is 0 Å². The highest BCUT2D eigenvalue weighted by Gasteiger charge is 2.25. The standard InChI is InChI=1S/C28H40N4O3/c1-21-12-13-22(2)24(20-21)32-18-16-31(17-19-32)15-9-14-29-26(33)25(23-10-7-6-8-11-23)30-27(34)35-28(3,4)5/h6-8,10-13,20,25H,9,14-19H2,1-5H3,(H,29,33)(H,30,34). The van der Waals surface area contributed by atoms with Gasteiger partial charge in [0, 0.05) is 38.4 Å². The Balaban J connectivity index is 1.45. The molecule has 0 aliphatic carbocycles. The molecule has 1 aliphatic heterocycles. The zero-order valence-electron chi connectivity index (χ0n) is 21.8. The van der Waals surface area contributed by atoms with Crippen LogP contribution in [0, 0.1) is 13.8 Å². The highest BCUT2D eigenvalue weighted by Crippen LogP contribution is 2.23. The van der Waals surface area contributed by atoms with Gasteiger partial charge in [0.15, 0.2) is 0 Å². The monoisotopic (exact) mass is 480 g/mol. The van der Waals surface area contributed by atoms with Crippen molar-refractivity contribution in [2.45, 2.75) is 52.7 Å². The van der Waals surface area contributed by atoms with Gasteiger partial charge in [-0.1, -0.05) is 42.5 Å². The van der Waals surface area contributed by atoms with Crippen molar-refractivity contribution >= 4 is 17.7 Å². The molecule has 1 saturated heterocycles. The number of rotatable bonds is 8. The van der Waals surface area contributed by atoms with E-state index in [1.165, 1.54) is 16.8 Å². The summed E-state index contributed by atoms with van der Waals surface area (Å²) in [6.07, 6.45) is 0.242. The summed E-state index contributed by atoms with van der Waals surface area (Å²) in [7, 11) is 0. The van der Waals surface area contributed by atoms with E-state index in [1.807, 2.05) is 30.3 Å². The van der Waals surface area contributed by atoms with Crippen LogP contribution in [0.2, 0.25) is 0 Å². The molecule has 3 rings (SSSR count). The van der Waals surface area contributed by atoms with Crippen LogP contribution < -0.4 is 15.5 Å². The van der Waals surface area contributed by atoms with Crippen molar-refractivity contribution in [3.63, 3.8) is 0 Å². The van der Waals surface area contributed by atoms with Crippen LogP contribution in [-0.4, -0.2) is 61.8 Å². The minimum atomic E-state index is -0.799. The maximum absolute atomic E-state index is 13.0. The van der Waals surface area contributed by atoms with Crippen molar-refractivity contribution < 1.29 is 14.3 Å². The fraction of sp³-hybridized carbons (Fsp3) is 0.500. The number of ether oxygens (including phenoxy) is 1. The van der Waals surface area contributed by atoms with Crippen molar-refractivity contribution in [1.29, 1.82) is 0 Å². The maximum atomic E-state index is 13.0. The van der Waals surface area contributed by atoms with E-state index in [0.717, 1.165) is 44.7 Å². The first-order chi connectivity index (χ1) is 16.6. The first-order valence-electron chi connectivity index (χ1n) is 12.5. The molecular formula is C28H40N4O3. The number of carbonyl (C=O) groups excluding carboxylic acids is 2. The number of nitrogens with one attached hydrogen (secondary N) is 2. The lowest BCUT2D eigenvalue weighted by atomic mass is 10.1.